The van der Waals surface area contributed by atoms with E-state index >= 15 is 0 Å². The van der Waals surface area contributed by atoms with E-state index in [0.717, 1.165) is 9.13 Å². The zero-order chi connectivity index (χ0) is 10.7. The maximum absolute atomic E-state index is 10.5. The van der Waals surface area contributed by atoms with Gasteiger partial charge in [0, 0.05) is 9.26 Å². The zero-order valence-corrected chi connectivity index (χ0v) is 9.56. The topological polar surface area (TPSA) is 89.3 Å². The summed E-state index contributed by atoms with van der Waals surface area (Å²) in [6.07, 6.45) is 0.325. The van der Waals surface area contributed by atoms with E-state index in [-0.39, 0.29) is 0 Å². The van der Waals surface area contributed by atoms with Crippen molar-refractivity contribution in [2.75, 3.05) is 5.73 Å². The molecule has 0 saturated carbocycles. The number of carboxylic acids is 1. The van der Waals surface area contributed by atoms with Crippen LogP contribution in [-0.4, -0.2) is 17.1 Å². The van der Waals surface area contributed by atoms with Crippen LogP contribution in [0.5, 0.6) is 0 Å². The second-order valence-corrected chi connectivity index (χ2v) is 4.17. The highest BCUT2D eigenvalue weighted by Gasteiger charge is 2.12. The highest BCUT2D eigenvalue weighted by Crippen LogP contribution is 2.16. The number of anilines is 1. The molecule has 0 heterocycles. The molecule has 76 valence electrons. The SMILES string of the molecule is Nc1ccc(C[C@@H](N)C(=O)O)cc1I. The number of carboxylic acid groups (broad SMARTS) is 1. The van der Waals surface area contributed by atoms with Gasteiger partial charge in [0.15, 0.2) is 0 Å². The van der Waals surface area contributed by atoms with Crippen LogP contribution < -0.4 is 11.5 Å². The second kappa shape index (κ2) is 4.61. The van der Waals surface area contributed by atoms with Gasteiger partial charge in [0.1, 0.15) is 6.04 Å². The van der Waals surface area contributed by atoms with E-state index in [4.69, 9.17) is 16.6 Å². The van der Waals surface area contributed by atoms with Gasteiger partial charge in [0.05, 0.1) is 0 Å². The molecule has 0 aromatic heterocycles. The Morgan fingerprint density at radius 2 is 2.21 bits per heavy atom. The van der Waals surface area contributed by atoms with Gasteiger partial charge in [0.2, 0.25) is 0 Å². The molecule has 0 fully saturated rings. The monoisotopic (exact) mass is 306 g/mol. The summed E-state index contributed by atoms with van der Waals surface area (Å²) in [5.41, 5.74) is 12.6. The van der Waals surface area contributed by atoms with Crippen molar-refractivity contribution in [3.05, 3.63) is 27.3 Å². The largest absolute Gasteiger partial charge is 0.480 e. The molecule has 0 aliphatic heterocycles. The van der Waals surface area contributed by atoms with Crippen LogP contribution in [0.3, 0.4) is 0 Å². The van der Waals surface area contributed by atoms with Gasteiger partial charge in [-0.05, 0) is 46.7 Å². The first-order valence-corrected chi connectivity index (χ1v) is 5.11. The van der Waals surface area contributed by atoms with E-state index in [0.29, 0.717) is 12.1 Å². The first-order chi connectivity index (χ1) is 6.50. The highest BCUT2D eigenvalue weighted by atomic mass is 127. The van der Waals surface area contributed by atoms with E-state index in [1.165, 1.54) is 0 Å². The molecule has 0 aliphatic rings. The van der Waals surface area contributed by atoms with Gasteiger partial charge in [-0.1, -0.05) is 6.07 Å². The Labute approximate surface area is 95.4 Å². The maximum Gasteiger partial charge on any atom is 0.320 e. The normalized spacial score (nSPS) is 12.4. The predicted molar refractivity (Wildman–Crippen MR) is 62.9 cm³/mol. The molecule has 0 saturated heterocycles. The maximum atomic E-state index is 10.5. The summed E-state index contributed by atoms with van der Waals surface area (Å²) < 4.78 is 0.915. The Morgan fingerprint density at radius 3 is 2.71 bits per heavy atom. The molecule has 5 heteroatoms. The van der Waals surface area contributed by atoms with Crippen molar-refractivity contribution in [2.24, 2.45) is 5.73 Å². The van der Waals surface area contributed by atoms with Crippen LogP contribution in [0.4, 0.5) is 5.69 Å². The van der Waals surface area contributed by atoms with E-state index in [2.05, 4.69) is 22.6 Å². The molecule has 0 aliphatic carbocycles. The quantitative estimate of drug-likeness (QED) is 0.570. The van der Waals surface area contributed by atoms with Crippen LogP contribution in [0.2, 0.25) is 0 Å². The van der Waals surface area contributed by atoms with Crippen molar-refractivity contribution in [3.8, 4) is 0 Å². The van der Waals surface area contributed by atoms with Crippen molar-refractivity contribution in [1.82, 2.24) is 0 Å². The fourth-order valence-corrected chi connectivity index (χ4v) is 1.62. The van der Waals surface area contributed by atoms with Gasteiger partial charge < -0.3 is 16.6 Å². The Hall–Kier alpha value is -0.820. The zero-order valence-electron chi connectivity index (χ0n) is 7.40. The molecule has 5 N–H and O–H groups in total. The Kier molecular flexibility index (Phi) is 3.70. The number of rotatable bonds is 3. The van der Waals surface area contributed by atoms with E-state index in [1.807, 2.05) is 6.07 Å². The van der Waals surface area contributed by atoms with Gasteiger partial charge >= 0.3 is 5.97 Å². The summed E-state index contributed by atoms with van der Waals surface area (Å²) in [6, 6.07) is 4.54. The van der Waals surface area contributed by atoms with E-state index in [9.17, 15) is 4.79 Å². The van der Waals surface area contributed by atoms with Crippen molar-refractivity contribution in [2.45, 2.75) is 12.5 Å². The molecular formula is C9H11IN2O2. The summed E-state index contributed by atoms with van der Waals surface area (Å²) >= 11 is 2.10. The predicted octanol–water partition coefficient (Wildman–Crippen LogP) is 0.828. The highest BCUT2D eigenvalue weighted by molar-refractivity contribution is 14.1. The average molecular weight is 306 g/mol. The smallest absolute Gasteiger partial charge is 0.320 e. The second-order valence-electron chi connectivity index (χ2n) is 3.00. The molecule has 1 rings (SSSR count). The lowest BCUT2D eigenvalue weighted by Crippen LogP contribution is -2.32. The Morgan fingerprint density at radius 1 is 1.57 bits per heavy atom. The van der Waals surface area contributed by atoms with Gasteiger partial charge in [-0.15, -0.1) is 0 Å². The molecule has 1 aromatic rings. The lowest BCUT2D eigenvalue weighted by atomic mass is 10.1. The summed E-state index contributed by atoms with van der Waals surface area (Å²) in [4.78, 5) is 10.5. The first-order valence-electron chi connectivity index (χ1n) is 4.03. The number of halogens is 1. The Balaban J connectivity index is 2.78. The van der Waals surface area contributed by atoms with Crippen molar-refractivity contribution >= 4 is 34.2 Å². The van der Waals surface area contributed by atoms with Crippen molar-refractivity contribution < 1.29 is 9.90 Å². The number of carbonyl (C=O) groups is 1. The van der Waals surface area contributed by atoms with Crippen molar-refractivity contribution in [3.63, 3.8) is 0 Å². The summed E-state index contributed by atoms with van der Waals surface area (Å²) in [7, 11) is 0. The van der Waals surface area contributed by atoms with Gasteiger partial charge in [-0.2, -0.15) is 0 Å². The van der Waals surface area contributed by atoms with E-state index in [1.54, 1.807) is 12.1 Å². The van der Waals surface area contributed by atoms with E-state index < -0.39 is 12.0 Å². The number of nitrogens with two attached hydrogens (primary N) is 2. The minimum atomic E-state index is -0.989. The van der Waals surface area contributed by atoms with Gasteiger partial charge in [-0.3, -0.25) is 4.79 Å². The standard InChI is InChI=1S/C9H11IN2O2/c10-6-3-5(1-2-7(6)11)4-8(12)9(13)14/h1-3,8H,4,11-12H2,(H,13,14)/t8-/m1/s1. The lowest BCUT2D eigenvalue weighted by molar-refractivity contribution is -0.138. The van der Waals surface area contributed by atoms with Crippen molar-refractivity contribution in [1.29, 1.82) is 0 Å². The molecule has 0 unspecified atom stereocenters. The fraction of sp³-hybridized carbons (Fsp3) is 0.222. The van der Waals surface area contributed by atoms with Crippen LogP contribution in [-0.2, 0) is 11.2 Å². The van der Waals surface area contributed by atoms with Gasteiger partial charge in [0.25, 0.3) is 0 Å². The Bertz CT molecular complexity index is 355. The first kappa shape index (κ1) is 11.3. The minimum Gasteiger partial charge on any atom is -0.480 e. The lowest BCUT2D eigenvalue weighted by Gasteiger charge is -2.07. The molecule has 0 spiro atoms. The molecule has 0 bridgehead atoms. The number of aliphatic carboxylic acids is 1. The molecule has 1 aromatic carbocycles. The molecule has 0 radical (unpaired) electrons. The third-order valence-electron chi connectivity index (χ3n) is 1.84. The van der Waals surface area contributed by atoms with Crippen LogP contribution in [0, 0.1) is 3.57 Å². The number of nitrogen functional groups attached to an aromatic ring is 1. The van der Waals surface area contributed by atoms with Crippen LogP contribution in [0.25, 0.3) is 0 Å². The fourth-order valence-electron chi connectivity index (χ4n) is 1.04. The van der Waals surface area contributed by atoms with Crippen LogP contribution >= 0.6 is 22.6 Å². The summed E-state index contributed by atoms with van der Waals surface area (Å²) in [5.74, 6) is -0.989. The molecular weight excluding hydrogens is 295 g/mol. The van der Waals surface area contributed by atoms with Gasteiger partial charge in [-0.25, -0.2) is 0 Å². The summed E-state index contributed by atoms with van der Waals surface area (Å²) in [5, 5.41) is 8.62. The molecule has 4 nitrogen and oxygen atoms in total. The third kappa shape index (κ3) is 2.85. The third-order valence-corrected chi connectivity index (χ3v) is 2.77. The average Bonchev–Trinajstić information content (AvgIpc) is 2.11. The number of hydrogen-bond donors (Lipinski definition) is 3. The minimum absolute atomic E-state index is 0.325. The van der Waals surface area contributed by atoms with Crippen LogP contribution in [0.1, 0.15) is 5.56 Å². The van der Waals surface area contributed by atoms with Crippen LogP contribution in [0.15, 0.2) is 18.2 Å². The number of benzene rings is 1. The number of hydrogen-bond acceptors (Lipinski definition) is 3. The molecule has 0 amide bonds. The molecule has 14 heavy (non-hydrogen) atoms. The molecule has 1 atom stereocenters. The summed E-state index contributed by atoms with van der Waals surface area (Å²) in [6.45, 7) is 0.